The zero-order valence-corrected chi connectivity index (χ0v) is 11.1. The molecule has 17 heavy (non-hydrogen) atoms. The maximum absolute atomic E-state index is 10.8. The Kier molecular flexibility index (Phi) is 6.07. The number of hydrogen-bond donors (Lipinski definition) is 2. The summed E-state index contributed by atoms with van der Waals surface area (Å²) < 4.78 is 5.45. The zero-order valence-electron chi connectivity index (χ0n) is 10.3. The van der Waals surface area contributed by atoms with Gasteiger partial charge in [-0.25, -0.2) is 10.8 Å². The lowest BCUT2D eigenvalue weighted by Crippen LogP contribution is -2.29. The van der Waals surface area contributed by atoms with Crippen molar-refractivity contribution in [2.45, 2.75) is 44.8 Å². The van der Waals surface area contributed by atoms with Crippen molar-refractivity contribution in [1.82, 2.24) is 10.4 Å². The molecule has 1 aromatic rings. The standard InChI is InChI=1S/C11H19N3O2S/c1-8-9(2)16-11(13-8)17-7-5-3-4-6-10(15)14-12/h3-7,12H2,1-2H3,(H,14,15). The van der Waals surface area contributed by atoms with Gasteiger partial charge in [-0.3, -0.25) is 10.2 Å². The lowest BCUT2D eigenvalue weighted by Gasteiger charge is -1.99. The van der Waals surface area contributed by atoms with E-state index in [-0.39, 0.29) is 5.91 Å². The van der Waals surface area contributed by atoms with Crippen LogP contribution in [0.15, 0.2) is 9.64 Å². The van der Waals surface area contributed by atoms with E-state index in [0.717, 1.165) is 41.7 Å². The average molecular weight is 257 g/mol. The van der Waals surface area contributed by atoms with Crippen LogP contribution in [0.1, 0.15) is 37.1 Å². The number of hydrazine groups is 1. The number of carbonyl (C=O) groups excluding carboxylic acids is 1. The van der Waals surface area contributed by atoms with Crippen molar-refractivity contribution >= 4 is 17.7 Å². The lowest BCUT2D eigenvalue weighted by atomic mass is 10.2. The molecule has 0 bridgehead atoms. The maximum atomic E-state index is 10.8. The van der Waals surface area contributed by atoms with Gasteiger partial charge in [-0.1, -0.05) is 18.2 Å². The van der Waals surface area contributed by atoms with Crippen molar-refractivity contribution in [3.63, 3.8) is 0 Å². The van der Waals surface area contributed by atoms with E-state index < -0.39 is 0 Å². The summed E-state index contributed by atoms with van der Waals surface area (Å²) in [6, 6.07) is 0. The molecule has 0 fully saturated rings. The van der Waals surface area contributed by atoms with E-state index >= 15 is 0 Å². The number of aromatic nitrogens is 1. The van der Waals surface area contributed by atoms with Gasteiger partial charge in [0.25, 0.3) is 5.22 Å². The molecule has 0 aromatic carbocycles. The van der Waals surface area contributed by atoms with Gasteiger partial charge in [0.1, 0.15) is 5.76 Å². The van der Waals surface area contributed by atoms with E-state index in [9.17, 15) is 4.79 Å². The van der Waals surface area contributed by atoms with Crippen molar-refractivity contribution in [2.24, 2.45) is 5.84 Å². The summed E-state index contributed by atoms with van der Waals surface area (Å²) in [6.45, 7) is 3.85. The van der Waals surface area contributed by atoms with Crippen molar-refractivity contribution < 1.29 is 9.21 Å². The molecule has 96 valence electrons. The van der Waals surface area contributed by atoms with Gasteiger partial charge in [0.05, 0.1) is 5.69 Å². The van der Waals surface area contributed by atoms with E-state index in [0.29, 0.717) is 6.42 Å². The molecule has 0 saturated heterocycles. The molecule has 3 N–H and O–H groups in total. The number of rotatable bonds is 7. The third-order valence-electron chi connectivity index (χ3n) is 2.44. The topological polar surface area (TPSA) is 81.2 Å². The SMILES string of the molecule is Cc1nc(SCCCCCC(=O)NN)oc1C. The van der Waals surface area contributed by atoms with E-state index in [4.69, 9.17) is 10.3 Å². The average Bonchev–Trinajstić information content (AvgIpc) is 2.62. The van der Waals surface area contributed by atoms with Gasteiger partial charge in [0.15, 0.2) is 0 Å². The Morgan fingerprint density at radius 2 is 2.18 bits per heavy atom. The van der Waals surface area contributed by atoms with Gasteiger partial charge in [-0.15, -0.1) is 0 Å². The van der Waals surface area contributed by atoms with Gasteiger partial charge in [-0.2, -0.15) is 0 Å². The first-order chi connectivity index (χ1) is 8.13. The molecule has 0 atom stereocenters. The van der Waals surface area contributed by atoms with E-state index in [2.05, 4.69) is 10.4 Å². The number of nitrogens with one attached hydrogen (secondary N) is 1. The molecule has 6 heteroatoms. The van der Waals surface area contributed by atoms with Crippen LogP contribution in [0.3, 0.4) is 0 Å². The Balaban J connectivity index is 2.06. The Labute approximate surface area is 106 Å². The highest BCUT2D eigenvalue weighted by Gasteiger charge is 2.05. The van der Waals surface area contributed by atoms with Crippen molar-refractivity contribution in [2.75, 3.05) is 5.75 Å². The minimum Gasteiger partial charge on any atom is -0.437 e. The van der Waals surface area contributed by atoms with Crippen LogP contribution in [0.25, 0.3) is 0 Å². The van der Waals surface area contributed by atoms with Crippen LogP contribution in [0, 0.1) is 13.8 Å². The molecule has 0 spiro atoms. The normalized spacial score (nSPS) is 10.5. The van der Waals surface area contributed by atoms with E-state index in [1.807, 2.05) is 13.8 Å². The Hall–Kier alpha value is -1.01. The fourth-order valence-corrected chi connectivity index (χ4v) is 2.21. The number of thioether (sulfide) groups is 1. The Morgan fingerprint density at radius 3 is 2.76 bits per heavy atom. The summed E-state index contributed by atoms with van der Waals surface area (Å²) in [7, 11) is 0. The molecule has 1 rings (SSSR count). The summed E-state index contributed by atoms with van der Waals surface area (Å²) in [5.41, 5.74) is 3.07. The summed E-state index contributed by atoms with van der Waals surface area (Å²) in [5, 5.41) is 0.736. The molecule has 5 nitrogen and oxygen atoms in total. The molecular formula is C11H19N3O2S. The second kappa shape index (κ2) is 7.34. The van der Waals surface area contributed by atoms with Gasteiger partial charge in [-0.05, 0) is 26.7 Å². The molecule has 0 aliphatic rings. The first-order valence-corrected chi connectivity index (χ1v) is 6.68. The largest absolute Gasteiger partial charge is 0.437 e. The van der Waals surface area contributed by atoms with Crippen LogP contribution < -0.4 is 11.3 Å². The number of unbranched alkanes of at least 4 members (excludes halogenated alkanes) is 2. The molecule has 0 unspecified atom stereocenters. The predicted molar refractivity (Wildman–Crippen MR) is 67.5 cm³/mol. The fourth-order valence-electron chi connectivity index (χ4n) is 1.30. The smallest absolute Gasteiger partial charge is 0.256 e. The third kappa shape index (κ3) is 5.23. The molecular weight excluding hydrogens is 238 g/mol. The lowest BCUT2D eigenvalue weighted by molar-refractivity contribution is -0.121. The number of nitrogens with two attached hydrogens (primary N) is 1. The number of amides is 1. The third-order valence-corrected chi connectivity index (χ3v) is 3.36. The number of aryl methyl sites for hydroxylation is 2. The quantitative estimate of drug-likeness (QED) is 0.256. The molecule has 1 amide bonds. The monoisotopic (exact) mass is 257 g/mol. The van der Waals surface area contributed by atoms with E-state index in [1.165, 1.54) is 0 Å². The maximum Gasteiger partial charge on any atom is 0.256 e. The molecule has 1 heterocycles. The first kappa shape index (κ1) is 14.1. The number of nitrogens with zero attached hydrogens (tertiary/aromatic N) is 1. The van der Waals surface area contributed by atoms with Crippen LogP contribution in [-0.2, 0) is 4.79 Å². The Bertz CT molecular complexity index is 346. The highest BCUT2D eigenvalue weighted by molar-refractivity contribution is 7.99. The molecule has 1 aromatic heterocycles. The molecule has 0 aliphatic heterocycles. The second-order valence-electron chi connectivity index (χ2n) is 3.85. The second-order valence-corrected chi connectivity index (χ2v) is 4.89. The highest BCUT2D eigenvalue weighted by Crippen LogP contribution is 2.21. The minimum absolute atomic E-state index is 0.100. The van der Waals surface area contributed by atoms with Crippen molar-refractivity contribution in [3.05, 3.63) is 11.5 Å². The number of carbonyl (C=O) groups is 1. The highest BCUT2D eigenvalue weighted by atomic mass is 32.2. The van der Waals surface area contributed by atoms with E-state index in [1.54, 1.807) is 11.8 Å². The van der Waals surface area contributed by atoms with Crippen molar-refractivity contribution in [1.29, 1.82) is 0 Å². The fraction of sp³-hybridized carbons (Fsp3) is 0.636. The van der Waals surface area contributed by atoms with Gasteiger partial charge in [0, 0.05) is 12.2 Å². The van der Waals surface area contributed by atoms with Crippen LogP contribution >= 0.6 is 11.8 Å². The van der Waals surface area contributed by atoms with Crippen LogP contribution in [0.5, 0.6) is 0 Å². The molecule has 0 radical (unpaired) electrons. The molecule has 0 saturated carbocycles. The van der Waals surface area contributed by atoms with Gasteiger partial charge >= 0.3 is 0 Å². The minimum atomic E-state index is -0.100. The van der Waals surface area contributed by atoms with Crippen LogP contribution in [0.2, 0.25) is 0 Å². The zero-order chi connectivity index (χ0) is 12.7. The summed E-state index contributed by atoms with van der Waals surface area (Å²) in [6.07, 6.45) is 3.42. The van der Waals surface area contributed by atoms with Crippen LogP contribution in [0.4, 0.5) is 0 Å². The summed E-state index contributed by atoms with van der Waals surface area (Å²) in [4.78, 5) is 15.1. The summed E-state index contributed by atoms with van der Waals surface area (Å²) >= 11 is 1.62. The first-order valence-electron chi connectivity index (χ1n) is 5.69. The molecule has 0 aliphatic carbocycles. The Morgan fingerprint density at radius 1 is 1.41 bits per heavy atom. The van der Waals surface area contributed by atoms with Gasteiger partial charge in [0.2, 0.25) is 5.91 Å². The number of hydrogen-bond acceptors (Lipinski definition) is 5. The number of oxazole rings is 1. The predicted octanol–water partition coefficient (Wildman–Crippen LogP) is 1.93. The summed E-state index contributed by atoms with van der Waals surface area (Å²) in [5.74, 6) is 6.72. The van der Waals surface area contributed by atoms with Gasteiger partial charge < -0.3 is 4.42 Å². The van der Waals surface area contributed by atoms with Crippen LogP contribution in [-0.4, -0.2) is 16.6 Å². The van der Waals surface area contributed by atoms with Crippen molar-refractivity contribution in [3.8, 4) is 0 Å².